The normalized spacial score (nSPS) is 11.7. The van der Waals surface area contributed by atoms with E-state index in [0.29, 0.717) is 17.0 Å². The van der Waals surface area contributed by atoms with Crippen molar-refractivity contribution < 1.29 is 22.0 Å². The van der Waals surface area contributed by atoms with Crippen LogP contribution in [0.3, 0.4) is 0 Å². The van der Waals surface area contributed by atoms with Crippen LogP contribution in [0.4, 0.5) is 13.6 Å². The third-order valence-electron chi connectivity index (χ3n) is 3.20. The number of nitrogens with zero attached hydrogens (tertiary/aromatic N) is 2. The Balaban J connectivity index is 2.17. The monoisotopic (exact) mass is 337 g/mol. The van der Waals surface area contributed by atoms with Gasteiger partial charge in [0.25, 0.3) is 0 Å². The molecule has 1 aromatic heterocycles. The van der Waals surface area contributed by atoms with Gasteiger partial charge in [0.2, 0.25) is 9.84 Å². The lowest BCUT2D eigenvalue weighted by atomic mass is 10.2. The Kier molecular flexibility index (Phi) is 3.37. The van der Waals surface area contributed by atoms with E-state index in [1.165, 1.54) is 24.4 Å². The van der Waals surface area contributed by atoms with Crippen LogP contribution < -0.4 is 5.73 Å². The molecule has 1 amide bonds. The summed E-state index contributed by atoms with van der Waals surface area (Å²) < 4.78 is 52.4. The van der Waals surface area contributed by atoms with Gasteiger partial charge in [0, 0.05) is 11.5 Å². The molecule has 6 nitrogen and oxygen atoms in total. The minimum atomic E-state index is -4.12. The number of fused-ring (bicyclic) bond motifs is 1. The molecule has 0 atom stereocenters. The van der Waals surface area contributed by atoms with E-state index in [9.17, 15) is 22.0 Å². The summed E-state index contributed by atoms with van der Waals surface area (Å²) in [5.74, 6) is -1.99. The molecule has 23 heavy (non-hydrogen) atoms. The van der Waals surface area contributed by atoms with E-state index in [-0.39, 0.29) is 4.90 Å². The lowest BCUT2D eigenvalue weighted by molar-refractivity contribution is 0.248. The molecule has 0 saturated carbocycles. The topological polar surface area (TPSA) is 95.1 Å². The first-order valence-corrected chi connectivity index (χ1v) is 7.76. The summed E-state index contributed by atoms with van der Waals surface area (Å²) in [6.07, 6.45) is 1.27. The highest BCUT2D eigenvalue weighted by Crippen LogP contribution is 2.25. The molecule has 0 fully saturated rings. The molecule has 1 heterocycles. The summed E-state index contributed by atoms with van der Waals surface area (Å²) in [5, 5.41) is 4.10. The molecule has 3 rings (SSSR count). The summed E-state index contributed by atoms with van der Waals surface area (Å²) in [6, 6.07) is 5.03. The molecular weight excluding hydrogens is 328 g/mol. The molecule has 9 heteroatoms. The molecule has 0 spiro atoms. The fourth-order valence-electron chi connectivity index (χ4n) is 2.17. The summed E-state index contributed by atoms with van der Waals surface area (Å²) in [7, 11) is -4.12. The van der Waals surface area contributed by atoms with Crippen LogP contribution in [0.15, 0.2) is 52.4 Å². The van der Waals surface area contributed by atoms with Crippen molar-refractivity contribution >= 4 is 26.8 Å². The number of rotatable bonds is 2. The maximum atomic E-state index is 13.3. The van der Waals surface area contributed by atoms with Gasteiger partial charge in [-0.3, -0.25) is 0 Å². The van der Waals surface area contributed by atoms with Gasteiger partial charge < -0.3 is 5.73 Å². The second kappa shape index (κ2) is 5.13. The Bertz CT molecular complexity index is 1020. The number of sulfone groups is 1. The van der Waals surface area contributed by atoms with Crippen molar-refractivity contribution in [2.45, 2.75) is 9.79 Å². The van der Waals surface area contributed by atoms with E-state index < -0.39 is 32.4 Å². The second-order valence-electron chi connectivity index (χ2n) is 4.72. The van der Waals surface area contributed by atoms with Crippen molar-refractivity contribution in [2.24, 2.45) is 5.73 Å². The largest absolute Gasteiger partial charge is 0.350 e. The molecule has 118 valence electrons. The van der Waals surface area contributed by atoms with Crippen molar-refractivity contribution in [3.05, 3.63) is 54.2 Å². The number of halogens is 2. The number of amides is 1. The quantitative estimate of drug-likeness (QED) is 0.774. The van der Waals surface area contributed by atoms with Crippen LogP contribution in [0.2, 0.25) is 0 Å². The van der Waals surface area contributed by atoms with Crippen LogP contribution in [-0.2, 0) is 9.84 Å². The van der Waals surface area contributed by atoms with Crippen LogP contribution in [0.25, 0.3) is 10.9 Å². The fourth-order valence-corrected chi connectivity index (χ4v) is 3.51. The highest BCUT2D eigenvalue weighted by atomic mass is 32.2. The second-order valence-corrected chi connectivity index (χ2v) is 6.67. The van der Waals surface area contributed by atoms with Gasteiger partial charge >= 0.3 is 6.03 Å². The van der Waals surface area contributed by atoms with Crippen molar-refractivity contribution in [2.75, 3.05) is 0 Å². The van der Waals surface area contributed by atoms with Gasteiger partial charge in [-0.15, -0.1) is 0 Å². The Morgan fingerprint density at radius 1 is 1.04 bits per heavy atom. The van der Waals surface area contributed by atoms with Gasteiger partial charge in [-0.25, -0.2) is 22.0 Å². The molecule has 3 aromatic rings. The van der Waals surface area contributed by atoms with E-state index in [4.69, 9.17) is 5.73 Å². The van der Waals surface area contributed by atoms with Gasteiger partial charge in [0.1, 0.15) is 11.6 Å². The zero-order valence-electron chi connectivity index (χ0n) is 11.4. The Hall–Kier alpha value is -2.81. The minimum Gasteiger partial charge on any atom is -0.350 e. The maximum absolute atomic E-state index is 13.3. The fraction of sp³-hybridized carbons (Fsp3) is 0. The summed E-state index contributed by atoms with van der Waals surface area (Å²) in [5.41, 5.74) is 5.45. The minimum absolute atomic E-state index is 0.181. The van der Waals surface area contributed by atoms with Crippen molar-refractivity contribution in [3.63, 3.8) is 0 Å². The number of benzene rings is 2. The number of hydrogen-bond acceptors (Lipinski definition) is 4. The van der Waals surface area contributed by atoms with Crippen LogP contribution in [-0.4, -0.2) is 24.2 Å². The van der Waals surface area contributed by atoms with E-state index in [1.807, 2.05) is 0 Å². The van der Waals surface area contributed by atoms with Crippen LogP contribution >= 0.6 is 0 Å². The number of nitrogens with two attached hydrogens (primary N) is 1. The third kappa shape index (κ3) is 2.55. The first-order chi connectivity index (χ1) is 10.8. The number of primary amides is 1. The van der Waals surface area contributed by atoms with Crippen molar-refractivity contribution in [1.82, 2.24) is 9.78 Å². The van der Waals surface area contributed by atoms with Crippen molar-refractivity contribution in [3.8, 4) is 0 Å². The predicted molar refractivity (Wildman–Crippen MR) is 76.5 cm³/mol. The standard InChI is InChI=1S/C14H9F2N3O3S/c15-9-4-10(16)6-12(5-9)23(21,22)11-1-2-13-8(3-11)7-18-19(13)14(17)20/h1-7H,(H2,17,20). The van der Waals surface area contributed by atoms with Gasteiger partial charge in [0.15, 0.2) is 0 Å². The molecular formula is C14H9F2N3O3S. The highest BCUT2D eigenvalue weighted by Gasteiger charge is 2.21. The van der Waals surface area contributed by atoms with Gasteiger partial charge in [-0.2, -0.15) is 9.78 Å². The van der Waals surface area contributed by atoms with E-state index in [0.717, 1.165) is 16.8 Å². The first-order valence-electron chi connectivity index (χ1n) is 6.28. The van der Waals surface area contributed by atoms with Crippen molar-refractivity contribution in [1.29, 1.82) is 0 Å². The number of carbonyl (C=O) groups excluding carboxylic acids is 1. The van der Waals surface area contributed by atoms with Gasteiger partial charge in [-0.05, 0) is 30.3 Å². The molecule has 0 aliphatic heterocycles. The van der Waals surface area contributed by atoms with E-state index in [1.54, 1.807) is 0 Å². The Labute approximate surface area is 129 Å². The Morgan fingerprint density at radius 2 is 1.70 bits per heavy atom. The van der Waals surface area contributed by atoms with Gasteiger partial charge in [0.05, 0.1) is 21.5 Å². The molecule has 0 radical (unpaired) electrons. The first kappa shape index (κ1) is 15.1. The highest BCUT2D eigenvalue weighted by molar-refractivity contribution is 7.91. The van der Waals surface area contributed by atoms with E-state index >= 15 is 0 Å². The van der Waals surface area contributed by atoms with Crippen LogP contribution in [0.5, 0.6) is 0 Å². The maximum Gasteiger partial charge on any atom is 0.340 e. The molecule has 0 unspecified atom stereocenters. The summed E-state index contributed by atoms with van der Waals surface area (Å²) in [6.45, 7) is 0. The third-order valence-corrected chi connectivity index (χ3v) is 4.94. The SMILES string of the molecule is NC(=O)n1ncc2cc(S(=O)(=O)c3cc(F)cc(F)c3)ccc21. The number of aromatic nitrogens is 2. The van der Waals surface area contributed by atoms with E-state index in [2.05, 4.69) is 5.10 Å². The lowest BCUT2D eigenvalue weighted by Gasteiger charge is -2.06. The number of carbonyl (C=O) groups is 1. The van der Waals surface area contributed by atoms with Crippen LogP contribution in [0.1, 0.15) is 0 Å². The molecule has 2 aromatic carbocycles. The molecule has 0 aliphatic rings. The number of hydrogen-bond donors (Lipinski definition) is 1. The average molecular weight is 337 g/mol. The molecule has 2 N–H and O–H groups in total. The van der Waals surface area contributed by atoms with Crippen LogP contribution in [0, 0.1) is 11.6 Å². The molecule has 0 saturated heterocycles. The smallest absolute Gasteiger partial charge is 0.340 e. The summed E-state index contributed by atoms with van der Waals surface area (Å²) in [4.78, 5) is 10.5. The Morgan fingerprint density at radius 3 is 2.30 bits per heavy atom. The molecule has 0 bridgehead atoms. The summed E-state index contributed by atoms with van der Waals surface area (Å²) >= 11 is 0. The molecule has 0 aliphatic carbocycles. The lowest BCUT2D eigenvalue weighted by Crippen LogP contribution is -2.20. The van der Waals surface area contributed by atoms with Gasteiger partial charge in [-0.1, -0.05) is 0 Å². The average Bonchev–Trinajstić information content (AvgIpc) is 2.89. The predicted octanol–water partition coefficient (Wildman–Crippen LogP) is 2.07. The zero-order valence-corrected chi connectivity index (χ0v) is 12.2. The zero-order chi connectivity index (χ0) is 16.8.